The Morgan fingerprint density at radius 3 is 2.33 bits per heavy atom. The van der Waals surface area contributed by atoms with Crippen LogP contribution in [0.3, 0.4) is 0 Å². The Kier molecular flexibility index (Phi) is 7.17. The van der Waals surface area contributed by atoms with Gasteiger partial charge in [0.1, 0.15) is 0 Å². The number of unbranched alkanes of at least 4 members (excludes halogenated alkanes) is 4. The highest BCUT2D eigenvalue weighted by Gasteiger charge is 2.00. The van der Waals surface area contributed by atoms with Crippen LogP contribution >= 0.6 is 0 Å². The van der Waals surface area contributed by atoms with E-state index in [0.717, 1.165) is 12.0 Å². The van der Waals surface area contributed by atoms with Crippen molar-refractivity contribution in [3.63, 3.8) is 0 Å². The summed E-state index contributed by atoms with van der Waals surface area (Å²) >= 11 is 0. The predicted octanol–water partition coefficient (Wildman–Crippen LogP) is 3.28. The maximum absolute atomic E-state index is 9.12. The van der Waals surface area contributed by atoms with Gasteiger partial charge in [-0.3, -0.25) is 0 Å². The molecule has 0 heterocycles. The Balaban J connectivity index is 3.14. The average molecular weight is 170 g/mol. The largest absolute Gasteiger partial charge is 0.389 e. The molecule has 0 saturated heterocycles. The van der Waals surface area contributed by atoms with Crippen LogP contribution in [0.2, 0.25) is 0 Å². The molecule has 0 rings (SSSR count). The van der Waals surface area contributed by atoms with Crippen LogP contribution in [0.15, 0.2) is 12.2 Å². The number of hydrogen-bond acceptors (Lipinski definition) is 1. The molecular formula is C11H22O. The monoisotopic (exact) mass is 170 g/mol. The van der Waals surface area contributed by atoms with Crippen molar-refractivity contribution in [3.05, 3.63) is 12.2 Å². The molecule has 0 fully saturated rings. The molecule has 0 aromatic carbocycles. The molecule has 0 aliphatic rings. The van der Waals surface area contributed by atoms with E-state index in [4.69, 9.17) is 5.11 Å². The molecule has 1 unspecified atom stereocenters. The van der Waals surface area contributed by atoms with Crippen molar-refractivity contribution in [2.24, 2.45) is 0 Å². The van der Waals surface area contributed by atoms with Crippen LogP contribution in [0.1, 0.15) is 52.4 Å². The lowest BCUT2D eigenvalue weighted by molar-refractivity contribution is 0.227. The van der Waals surface area contributed by atoms with Crippen LogP contribution in [0.5, 0.6) is 0 Å². The molecule has 0 bridgehead atoms. The lowest BCUT2D eigenvalue weighted by atomic mass is 10.0. The van der Waals surface area contributed by atoms with E-state index in [1.165, 1.54) is 32.1 Å². The molecule has 0 aliphatic carbocycles. The van der Waals surface area contributed by atoms with E-state index in [-0.39, 0.29) is 6.10 Å². The Hall–Kier alpha value is -0.300. The molecule has 0 amide bonds. The average Bonchev–Trinajstić information content (AvgIpc) is 2.03. The summed E-state index contributed by atoms with van der Waals surface area (Å²) in [4.78, 5) is 0. The first-order valence-corrected chi connectivity index (χ1v) is 5.04. The summed E-state index contributed by atoms with van der Waals surface area (Å²) in [5, 5.41) is 9.12. The molecule has 0 saturated carbocycles. The van der Waals surface area contributed by atoms with Crippen molar-refractivity contribution < 1.29 is 5.11 Å². The van der Waals surface area contributed by atoms with E-state index in [1.807, 2.05) is 0 Å². The molecule has 0 radical (unpaired) electrons. The smallest absolute Gasteiger partial charge is 0.0719 e. The fraction of sp³-hybridized carbons (Fsp3) is 0.818. The summed E-state index contributed by atoms with van der Waals surface area (Å²) in [6.07, 6.45) is 7.07. The highest BCUT2D eigenvalue weighted by atomic mass is 16.3. The van der Waals surface area contributed by atoms with Crippen molar-refractivity contribution in [1.82, 2.24) is 0 Å². The molecule has 1 N–H and O–H groups in total. The first-order chi connectivity index (χ1) is 5.68. The van der Waals surface area contributed by atoms with Crippen LogP contribution in [-0.2, 0) is 0 Å². The van der Waals surface area contributed by atoms with Crippen molar-refractivity contribution >= 4 is 0 Å². The summed E-state index contributed by atoms with van der Waals surface area (Å²) in [5.74, 6) is 0. The van der Waals surface area contributed by atoms with Crippen LogP contribution in [0.4, 0.5) is 0 Å². The molecule has 0 spiro atoms. The fourth-order valence-electron chi connectivity index (χ4n) is 1.16. The lowest BCUT2D eigenvalue weighted by Crippen LogP contribution is -2.02. The SMILES string of the molecule is C=C(CCCCCCC)C(C)O. The molecule has 1 nitrogen and oxygen atoms in total. The third kappa shape index (κ3) is 6.41. The molecule has 1 heteroatoms. The Bertz CT molecular complexity index is 116. The van der Waals surface area contributed by atoms with Crippen molar-refractivity contribution in [2.75, 3.05) is 0 Å². The molecule has 0 aromatic rings. The minimum atomic E-state index is -0.323. The number of aliphatic hydroxyl groups is 1. The van der Waals surface area contributed by atoms with E-state index in [1.54, 1.807) is 6.92 Å². The second-order valence-corrected chi connectivity index (χ2v) is 3.50. The molecule has 1 atom stereocenters. The van der Waals surface area contributed by atoms with Crippen LogP contribution in [0, 0.1) is 0 Å². The topological polar surface area (TPSA) is 20.2 Å². The maximum Gasteiger partial charge on any atom is 0.0719 e. The second-order valence-electron chi connectivity index (χ2n) is 3.50. The van der Waals surface area contributed by atoms with Gasteiger partial charge in [0.25, 0.3) is 0 Å². The minimum Gasteiger partial charge on any atom is -0.389 e. The van der Waals surface area contributed by atoms with Gasteiger partial charge in [0.2, 0.25) is 0 Å². The van der Waals surface area contributed by atoms with Crippen molar-refractivity contribution in [2.45, 2.75) is 58.5 Å². The Morgan fingerprint density at radius 2 is 1.83 bits per heavy atom. The van der Waals surface area contributed by atoms with Crippen LogP contribution in [0.25, 0.3) is 0 Å². The van der Waals surface area contributed by atoms with E-state index in [9.17, 15) is 0 Å². The first kappa shape index (κ1) is 11.7. The van der Waals surface area contributed by atoms with Gasteiger partial charge in [-0.1, -0.05) is 39.2 Å². The number of hydrogen-bond donors (Lipinski definition) is 1. The summed E-state index contributed by atoms with van der Waals surface area (Å²) in [6.45, 7) is 7.83. The number of rotatable bonds is 7. The van der Waals surface area contributed by atoms with Gasteiger partial charge in [0, 0.05) is 0 Å². The molecule has 0 aromatic heterocycles. The maximum atomic E-state index is 9.12. The first-order valence-electron chi connectivity index (χ1n) is 5.04. The van der Waals surface area contributed by atoms with Gasteiger partial charge in [0.15, 0.2) is 0 Å². The van der Waals surface area contributed by atoms with Gasteiger partial charge in [0.05, 0.1) is 6.10 Å². The van der Waals surface area contributed by atoms with Crippen LogP contribution in [-0.4, -0.2) is 11.2 Å². The van der Waals surface area contributed by atoms with E-state index in [0.29, 0.717) is 0 Å². The quantitative estimate of drug-likeness (QED) is 0.459. The third-order valence-electron chi connectivity index (χ3n) is 2.19. The number of aliphatic hydroxyl groups excluding tert-OH is 1. The molecule has 12 heavy (non-hydrogen) atoms. The van der Waals surface area contributed by atoms with Gasteiger partial charge in [-0.2, -0.15) is 0 Å². The van der Waals surface area contributed by atoms with Crippen LogP contribution < -0.4 is 0 Å². The zero-order chi connectivity index (χ0) is 9.40. The van der Waals surface area contributed by atoms with E-state index in [2.05, 4.69) is 13.5 Å². The molecular weight excluding hydrogens is 148 g/mol. The lowest BCUT2D eigenvalue weighted by Gasteiger charge is -2.07. The summed E-state index contributed by atoms with van der Waals surface area (Å²) in [6, 6.07) is 0. The summed E-state index contributed by atoms with van der Waals surface area (Å²) in [5.41, 5.74) is 0.978. The van der Waals surface area contributed by atoms with Crippen molar-refractivity contribution in [3.8, 4) is 0 Å². The predicted molar refractivity (Wildman–Crippen MR) is 54.2 cm³/mol. The van der Waals surface area contributed by atoms with Gasteiger partial charge >= 0.3 is 0 Å². The van der Waals surface area contributed by atoms with Gasteiger partial charge in [-0.25, -0.2) is 0 Å². The molecule has 0 aliphatic heterocycles. The Morgan fingerprint density at radius 1 is 1.25 bits per heavy atom. The molecule has 72 valence electrons. The normalized spacial score (nSPS) is 12.9. The van der Waals surface area contributed by atoms with Gasteiger partial charge in [-0.05, 0) is 25.3 Å². The van der Waals surface area contributed by atoms with Crippen molar-refractivity contribution in [1.29, 1.82) is 0 Å². The second kappa shape index (κ2) is 7.35. The fourth-order valence-corrected chi connectivity index (χ4v) is 1.16. The standard InChI is InChI=1S/C11H22O/c1-4-5-6-7-8-9-10(2)11(3)12/h11-12H,2,4-9H2,1,3H3. The highest BCUT2D eigenvalue weighted by Crippen LogP contribution is 2.11. The summed E-state index contributed by atoms with van der Waals surface area (Å²) < 4.78 is 0. The van der Waals surface area contributed by atoms with Gasteiger partial charge in [-0.15, -0.1) is 0 Å². The van der Waals surface area contributed by atoms with E-state index >= 15 is 0 Å². The Labute approximate surface area is 76.5 Å². The zero-order valence-electron chi connectivity index (χ0n) is 8.47. The van der Waals surface area contributed by atoms with E-state index < -0.39 is 0 Å². The highest BCUT2D eigenvalue weighted by molar-refractivity contribution is 4.99. The summed E-state index contributed by atoms with van der Waals surface area (Å²) in [7, 11) is 0. The zero-order valence-corrected chi connectivity index (χ0v) is 8.47. The minimum absolute atomic E-state index is 0.323. The van der Waals surface area contributed by atoms with Gasteiger partial charge < -0.3 is 5.11 Å². The third-order valence-corrected chi connectivity index (χ3v) is 2.19.